The number of ketones is 1. The second-order valence-corrected chi connectivity index (χ2v) is 14.4. The van der Waals surface area contributed by atoms with Gasteiger partial charge in [0.15, 0.2) is 5.78 Å². The van der Waals surface area contributed by atoms with E-state index in [-0.39, 0.29) is 59.7 Å². The molecule has 1 amide bonds. The molecule has 2 saturated carbocycles. The van der Waals surface area contributed by atoms with Crippen LogP contribution in [0.25, 0.3) is 11.1 Å². The lowest BCUT2D eigenvalue weighted by atomic mass is 9.74. The van der Waals surface area contributed by atoms with E-state index >= 15 is 0 Å². The predicted octanol–water partition coefficient (Wildman–Crippen LogP) is 6.56. The molecule has 2 aromatic heterocycles. The molecule has 2 aliphatic carbocycles. The summed E-state index contributed by atoms with van der Waals surface area (Å²) in [7, 11) is 0. The van der Waals surface area contributed by atoms with E-state index in [2.05, 4.69) is 4.98 Å². The van der Waals surface area contributed by atoms with Gasteiger partial charge in [-0.3, -0.25) is 18.8 Å². The minimum absolute atomic E-state index is 0.0110. The van der Waals surface area contributed by atoms with Gasteiger partial charge in [-0.15, -0.1) is 0 Å². The summed E-state index contributed by atoms with van der Waals surface area (Å²) in [6.45, 7) is 5.36. The van der Waals surface area contributed by atoms with Gasteiger partial charge in [0, 0.05) is 42.5 Å². The number of rotatable bonds is 10. The van der Waals surface area contributed by atoms with Crippen molar-refractivity contribution < 1.29 is 37.8 Å². The Kier molecular flexibility index (Phi) is 10.3. The number of nitrogens with zero attached hydrogens (tertiary/aromatic N) is 2. The van der Waals surface area contributed by atoms with E-state index in [9.17, 15) is 28.7 Å². The van der Waals surface area contributed by atoms with Crippen molar-refractivity contribution in [2.75, 3.05) is 13.2 Å². The van der Waals surface area contributed by atoms with Crippen LogP contribution in [0, 0.1) is 29.6 Å². The Morgan fingerprint density at radius 3 is 2.40 bits per heavy atom. The number of furan rings is 1. The Labute approximate surface area is 264 Å². The smallest absolute Gasteiger partial charge is 0.371 e. The number of likely N-dealkylation sites (tertiary alicyclic amines) is 1. The number of hydrogen-bond acceptors (Lipinski definition) is 7. The molecule has 3 fully saturated rings. The largest absolute Gasteiger partial charge is 0.475 e. The Morgan fingerprint density at radius 1 is 1.04 bits per heavy atom. The van der Waals surface area contributed by atoms with Crippen molar-refractivity contribution in [1.29, 1.82) is 0 Å². The van der Waals surface area contributed by atoms with Crippen molar-refractivity contribution in [1.82, 2.24) is 9.88 Å². The zero-order valence-electron chi connectivity index (χ0n) is 26.8. The molecule has 0 bridgehead atoms. The molecular formula is C35H47FN2O7. The molecule has 1 N–H and O–H groups in total. The van der Waals surface area contributed by atoms with E-state index in [1.54, 1.807) is 33.0 Å². The molecule has 10 heteroatoms. The average Bonchev–Trinajstić information content (AvgIpc) is 3.64. The highest BCUT2D eigenvalue weighted by molar-refractivity contribution is 5.93. The van der Waals surface area contributed by atoms with Crippen LogP contribution in [-0.2, 0) is 25.5 Å². The predicted molar refractivity (Wildman–Crippen MR) is 165 cm³/mol. The Morgan fingerprint density at radius 2 is 1.76 bits per heavy atom. The van der Waals surface area contributed by atoms with E-state index < -0.39 is 30.2 Å². The van der Waals surface area contributed by atoms with Crippen molar-refractivity contribution >= 4 is 34.7 Å². The molecule has 0 radical (unpaired) electrons. The van der Waals surface area contributed by atoms with E-state index in [0.29, 0.717) is 49.1 Å². The molecule has 1 saturated heterocycles. The summed E-state index contributed by atoms with van der Waals surface area (Å²) < 4.78 is 24.7. The van der Waals surface area contributed by atoms with Gasteiger partial charge in [0.05, 0.1) is 19.1 Å². The summed E-state index contributed by atoms with van der Waals surface area (Å²) in [4.78, 5) is 57.9. The maximum Gasteiger partial charge on any atom is 0.371 e. The van der Waals surface area contributed by atoms with Gasteiger partial charge < -0.3 is 19.2 Å². The summed E-state index contributed by atoms with van der Waals surface area (Å²) in [5.41, 5.74) is 0.251. The maximum atomic E-state index is 14.1. The fourth-order valence-electron chi connectivity index (χ4n) is 8.03. The number of pyridine rings is 1. The molecular weight excluding hydrogens is 579 g/mol. The lowest BCUT2D eigenvalue weighted by molar-refractivity contribution is -0.157. The lowest BCUT2D eigenvalue weighted by Crippen LogP contribution is -2.48. The number of alkyl halides is 1. The number of amides is 1. The van der Waals surface area contributed by atoms with Crippen molar-refractivity contribution in [2.24, 2.45) is 29.6 Å². The van der Waals surface area contributed by atoms with Crippen LogP contribution in [0.4, 0.5) is 4.39 Å². The SMILES string of the molecule is CC(C)(C)OC(=O)C[C@H](CF)C1CCC(C(=O)N2CC[C@@H](C3CCCCC3)[C@H]2C(=O)Cc2cnc3oc(C(=O)O)cc3c2)CC1. The maximum absolute atomic E-state index is 14.1. The number of aromatic carboxylic acids is 1. The van der Waals surface area contributed by atoms with Crippen LogP contribution in [-0.4, -0.2) is 63.5 Å². The number of Topliss-reactive ketones (excluding diaryl/α,β-unsaturated/α-hetero) is 1. The van der Waals surface area contributed by atoms with E-state index in [4.69, 9.17) is 9.15 Å². The molecule has 3 heterocycles. The van der Waals surface area contributed by atoms with Crippen molar-refractivity contribution in [3.8, 4) is 0 Å². The highest BCUT2D eigenvalue weighted by Crippen LogP contribution is 2.42. The quantitative estimate of drug-likeness (QED) is 0.294. The van der Waals surface area contributed by atoms with Crippen LogP contribution in [0.3, 0.4) is 0 Å². The monoisotopic (exact) mass is 626 g/mol. The number of carboxylic acids is 1. The summed E-state index contributed by atoms with van der Waals surface area (Å²) in [5, 5.41) is 9.79. The number of halogens is 1. The molecule has 0 aromatic carbocycles. The molecule has 3 aliphatic rings. The first-order valence-electron chi connectivity index (χ1n) is 16.7. The van der Waals surface area contributed by atoms with Gasteiger partial charge >= 0.3 is 11.9 Å². The number of esters is 1. The van der Waals surface area contributed by atoms with Gasteiger partial charge in [-0.25, -0.2) is 9.78 Å². The molecule has 3 atom stereocenters. The van der Waals surface area contributed by atoms with Crippen LogP contribution in [0.5, 0.6) is 0 Å². The summed E-state index contributed by atoms with van der Waals surface area (Å²) in [5.74, 6) is -1.86. The summed E-state index contributed by atoms with van der Waals surface area (Å²) in [6, 6.07) is 2.65. The van der Waals surface area contributed by atoms with Crippen molar-refractivity contribution in [3.63, 3.8) is 0 Å². The third-order valence-electron chi connectivity index (χ3n) is 10.2. The van der Waals surface area contributed by atoms with Gasteiger partial charge in [-0.1, -0.05) is 32.1 Å². The molecule has 0 unspecified atom stereocenters. The fourth-order valence-corrected chi connectivity index (χ4v) is 8.03. The average molecular weight is 627 g/mol. The number of hydrogen-bond donors (Lipinski definition) is 1. The van der Waals surface area contributed by atoms with Crippen LogP contribution in [0.2, 0.25) is 0 Å². The van der Waals surface area contributed by atoms with Crippen molar-refractivity contribution in [3.05, 3.63) is 29.7 Å². The number of carboxylic acid groups (broad SMARTS) is 1. The third-order valence-corrected chi connectivity index (χ3v) is 10.2. The molecule has 45 heavy (non-hydrogen) atoms. The first-order valence-corrected chi connectivity index (χ1v) is 16.7. The zero-order valence-corrected chi connectivity index (χ0v) is 26.8. The number of aromatic nitrogens is 1. The fraction of sp³-hybridized carbons (Fsp3) is 0.686. The van der Waals surface area contributed by atoms with Gasteiger partial charge in [0.25, 0.3) is 0 Å². The number of carbonyl (C=O) groups excluding carboxylic acids is 3. The summed E-state index contributed by atoms with van der Waals surface area (Å²) >= 11 is 0. The molecule has 1 aliphatic heterocycles. The van der Waals surface area contributed by atoms with Crippen LogP contribution >= 0.6 is 0 Å². The highest BCUT2D eigenvalue weighted by Gasteiger charge is 2.46. The second-order valence-electron chi connectivity index (χ2n) is 14.4. The molecule has 5 rings (SSSR count). The molecule has 246 valence electrons. The van der Waals surface area contributed by atoms with Crippen LogP contribution in [0.1, 0.15) is 108 Å². The van der Waals surface area contributed by atoms with Crippen LogP contribution in [0.15, 0.2) is 22.7 Å². The highest BCUT2D eigenvalue weighted by atomic mass is 19.1. The topological polar surface area (TPSA) is 127 Å². The van der Waals surface area contributed by atoms with Crippen LogP contribution < -0.4 is 0 Å². The first-order chi connectivity index (χ1) is 21.4. The molecule has 2 aromatic rings. The minimum atomic E-state index is -1.18. The first kappa shape index (κ1) is 33.1. The Hall–Kier alpha value is -3.30. The second kappa shape index (κ2) is 14.0. The number of carbonyl (C=O) groups is 4. The standard InChI is InChI=1S/C35H47FN2O7/c1-35(2,3)45-30(40)18-26(19-36)22-9-11-24(12-10-22)33(41)38-14-13-27(23-7-5-4-6-8-23)31(38)28(39)16-21-15-25-17-29(34(42)43)44-32(25)37-20-21/h15,17,20,22-24,26-27,31H,4-14,16,18-19H2,1-3H3,(H,42,43)/t22?,24?,26-,27+,31+/m1/s1. The van der Waals surface area contributed by atoms with E-state index in [1.807, 2.05) is 4.90 Å². The zero-order chi connectivity index (χ0) is 32.3. The van der Waals surface area contributed by atoms with Gasteiger partial charge in [-0.2, -0.15) is 0 Å². The number of ether oxygens (including phenoxy) is 1. The van der Waals surface area contributed by atoms with Gasteiger partial charge in [0.2, 0.25) is 17.4 Å². The van der Waals surface area contributed by atoms with E-state index in [1.165, 1.54) is 12.5 Å². The Balaban J connectivity index is 1.27. The molecule has 0 spiro atoms. The van der Waals surface area contributed by atoms with E-state index in [0.717, 1.165) is 32.1 Å². The van der Waals surface area contributed by atoms with Gasteiger partial charge in [-0.05, 0) is 82.3 Å². The third kappa shape index (κ3) is 7.93. The summed E-state index contributed by atoms with van der Waals surface area (Å²) in [6.07, 6.45) is 10.7. The minimum Gasteiger partial charge on any atom is -0.475 e. The van der Waals surface area contributed by atoms with Crippen molar-refractivity contribution in [2.45, 2.75) is 109 Å². The normalized spacial score (nSPS) is 25.3. The van der Waals surface area contributed by atoms with Gasteiger partial charge in [0.1, 0.15) is 5.60 Å². The lowest BCUT2D eigenvalue weighted by Gasteiger charge is -2.37. The Bertz CT molecular complexity index is 1380. The molecule has 9 nitrogen and oxygen atoms in total. The number of fused-ring (bicyclic) bond motifs is 1.